The van der Waals surface area contributed by atoms with Gasteiger partial charge in [0.15, 0.2) is 17.2 Å². The van der Waals surface area contributed by atoms with E-state index in [0.29, 0.717) is 5.56 Å². The van der Waals surface area contributed by atoms with Gasteiger partial charge in [0.25, 0.3) is 0 Å². The average Bonchev–Trinajstić information content (AvgIpc) is 3.19. The highest BCUT2D eigenvalue weighted by Gasteiger charge is 2.43. The Bertz CT molecular complexity index is 1220. The van der Waals surface area contributed by atoms with Crippen molar-refractivity contribution in [2.24, 2.45) is 11.5 Å². The molecule has 4 rings (SSSR count). The van der Waals surface area contributed by atoms with Crippen molar-refractivity contribution in [3.05, 3.63) is 81.9 Å². The van der Waals surface area contributed by atoms with Crippen molar-refractivity contribution < 1.29 is 28.2 Å². The van der Waals surface area contributed by atoms with Gasteiger partial charge in [0.05, 0.1) is 17.2 Å². The minimum Gasteiger partial charge on any atom is -0.488 e. The summed E-state index contributed by atoms with van der Waals surface area (Å²) in [6.45, 7) is -0.490. The van der Waals surface area contributed by atoms with Crippen LogP contribution in [0.25, 0.3) is 11.1 Å². The van der Waals surface area contributed by atoms with E-state index in [2.05, 4.69) is 0 Å². The maximum Gasteiger partial charge on any atom is 0.249 e. The number of fused-ring (bicyclic) bond motifs is 1. The summed E-state index contributed by atoms with van der Waals surface area (Å²) in [6.07, 6.45) is 0.150. The fraction of sp³-hybridized carbons (Fsp3) is 0.208. The number of rotatable bonds is 7. The molecular weight excluding hydrogens is 454 g/mol. The van der Waals surface area contributed by atoms with Gasteiger partial charge in [0.2, 0.25) is 5.91 Å². The molecule has 1 aliphatic heterocycles. The van der Waals surface area contributed by atoms with Crippen LogP contribution in [0.15, 0.2) is 48.5 Å². The number of hydrogen-bond acceptors (Lipinski definition) is 5. The first-order valence-corrected chi connectivity index (χ1v) is 10.5. The molecule has 0 aromatic heterocycles. The van der Waals surface area contributed by atoms with Crippen LogP contribution in [0.4, 0.5) is 8.78 Å². The van der Waals surface area contributed by atoms with Gasteiger partial charge in [-0.05, 0) is 17.7 Å². The molecule has 0 spiro atoms. The van der Waals surface area contributed by atoms with Crippen LogP contribution in [0.1, 0.15) is 21.5 Å². The molecule has 172 valence electrons. The van der Waals surface area contributed by atoms with Gasteiger partial charge in [-0.3, -0.25) is 4.79 Å². The van der Waals surface area contributed by atoms with Gasteiger partial charge in [0.1, 0.15) is 18.2 Å². The average molecular weight is 475 g/mol. The molecule has 0 unspecified atom stereocenters. The van der Waals surface area contributed by atoms with Crippen LogP contribution in [0, 0.1) is 11.6 Å². The fourth-order valence-electron chi connectivity index (χ4n) is 4.11. The van der Waals surface area contributed by atoms with E-state index in [1.54, 1.807) is 0 Å². The van der Waals surface area contributed by atoms with Crippen LogP contribution in [0.2, 0.25) is 5.02 Å². The van der Waals surface area contributed by atoms with Crippen molar-refractivity contribution in [2.75, 3.05) is 19.8 Å². The summed E-state index contributed by atoms with van der Waals surface area (Å²) in [5.74, 6) is -2.86. The Morgan fingerprint density at radius 2 is 1.91 bits per heavy atom. The van der Waals surface area contributed by atoms with Gasteiger partial charge in [-0.25, -0.2) is 8.78 Å². The molecule has 0 bridgehead atoms. The first-order valence-electron chi connectivity index (χ1n) is 10.1. The molecule has 0 saturated heterocycles. The van der Waals surface area contributed by atoms with Crippen molar-refractivity contribution >= 4 is 17.5 Å². The quantitative estimate of drug-likeness (QED) is 0.485. The van der Waals surface area contributed by atoms with E-state index < -0.39 is 23.1 Å². The SMILES string of the molecule is NC[C@@]1(c2ccccc2)Cc2c(cc(F)c(Cl)c2-c2c(C(N)=O)ccc(OCCO)c2F)O1. The molecule has 5 N–H and O–H groups in total. The van der Waals surface area contributed by atoms with Crippen molar-refractivity contribution in [2.45, 2.75) is 12.0 Å². The van der Waals surface area contributed by atoms with Crippen LogP contribution in [-0.4, -0.2) is 30.8 Å². The highest BCUT2D eigenvalue weighted by atomic mass is 35.5. The number of aliphatic hydroxyl groups is 1. The number of carbonyl (C=O) groups is 1. The third-order valence-corrected chi connectivity index (χ3v) is 6.02. The lowest BCUT2D eigenvalue weighted by molar-refractivity contribution is 0.1000. The normalized spacial score (nSPS) is 16.9. The Kier molecular flexibility index (Phi) is 6.25. The van der Waals surface area contributed by atoms with E-state index in [1.807, 2.05) is 30.3 Å². The maximum absolute atomic E-state index is 15.6. The zero-order chi connectivity index (χ0) is 23.8. The highest BCUT2D eigenvalue weighted by Crippen LogP contribution is 2.50. The minimum atomic E-state index is -1.04. The van der Waals surface area contributed by atoms with E-state index in [0.717, 1.165) is 11.6 Å². The van der Waals surface area contributed by atoms with Gasteiger partial charge in [-0.1, -0.05) is 41.9 Å². The van der Waals surface area contributed by atoms with Crippen LogP contribution in [0.3, 0.4) is 0 Å². The van der Waals surface area contributed by atoms with E-state index in [9.17, 15) is 9.18 Å². The summed E-state index contributed by atoms with van der Waals surface area (Å²) < 4.78 is 41.9. The standard InChI is InChI=1S/C24H21ClF2N2O4/c25-21-16(26)10-18-15(11-24(12-28,33-18)13-4-2-1-3-5-13)19(21)20-14(23(29)31)6-7-17(22(20)27)32-9-8-30/h1-7,10,30H,8-9,11-12,28H2,(H2,29,31)/t24-/m1/s1. The van der Waals surface area contributed by atoms with Gasteiger partial charge in [-0.2, -0.15) is 0 Å². The zero-order valence-corrected chi connectivity index (χ0v) is 18.2. The van der Waals surface area contributed by atoms with Crippen molar-refractivity contribution in [1.82, 2.24) is 0 Å². The van der Waals surface area contributed by atoms with Crippen molar-refractivity contribution in [1.29, 1.82) is 0 Å². The Hall–Kier alpha value is -3.20. The lowest BCUT2D eigenvalue weighted by atomic mass is 9.85. The molecule has 3 aromatic rings. The summed E-state index contributed by atoms with van der Waals surface area (Å²) in [5, 5.41) is 8.64. The predicted octanol–water partition coefficient (Wildman–Crippen LogP) is 3.54. The summed E-state index contributed by atoms with van der Waals surface area (Å²) in [7, 11) is 0. The summed E-state index contributed by atoms with van der Waals surface area (Å²) in [4.78, 5) is 12.2. The van der Waals surface area contributed by atoms with Crippen LogP contribution >= 0.6 is 11.6 Å². The molecular formula is C24H21ClF2N2O4. The molecule has 3 aromatic carbocycles. The summed E-state index contributed by atoms with van der Waals surface area (Å²) in [5.41, 5.74) is 11.1. The summed E-state index contributed by atoms with van der Waals surface area (Å²) >= 11 is 6.34. The number of nitrogens with two attached hydrogens (primary N) is 2. The van der Waals surface area contributed by atoms with Crippen LogP contribution in [-0.2, 0) is 12.0 Å². The van der Waals surface area contributed by atoms with Gasteiger partial charge in [0, 0.05) is 35.7 Å². The number of ether oxygens (including phenoxy) is 2. The third-order valence-electron chi connectivity index (χ3n) is 5.65. The number of amides is 1. The maximum atomic E-state index is 15.6. The first kappa shape index (κ1) is 23.0. The predicted molar refractivity (Wildman–Crippen MR) is 119 cm³/mol. The lowest BCUT2D eigenvalue weighted by Crippen LogP contribution is -2.39. The zero-order valence-electron chi connectivity index (χ0n) is 17.4. The van der Waals surface area contributed by atoms with E-state index >= 15 is 4.39 Å². The van der Waals surface area contributed by atoms with Gasteiger partial charge in [-0.15, -0.1) is 0 Å². The third kappa shape index (κ3) is 3.90. The molecule has 33 heavy (non-hydrogen) atoms. The van der Waals surface area contributed by atoms with E-state index in [1.165, 1.54) is 12.1 Å². The topological polar surface area (TPSA) is 108 Å². The van der Waals surface area contributed by atoms with Crippen molar-refractivity contribution in [3.63, 3.8) is 0 Å². The van der Waals surface area contributed by atoms with Crippen LogP contribution in [0.5, 0.6) is 11.5 Å². The first-order chi connectivity index (χ1) is 15.8. The Balaban J connectivity index is 1.97. The molecule has 9 heteroatoms. The second-order valence-corrected chi connectivity index (χ2v) is 7.98. The fourth-order valence-corrected chi connectivity index (χ4v) is 4.37. The minimum absolute atomic E-state index is 0.0508. The summed E-state index contributed by atoms with van der Waals surface area (Å²) in [6, 6.07) is 12.7. The molecule has 0 radical (unpaired) electrons. The Morgan fingerprint density at radius 3 is 2.55 bits per heavy atom. The number of halogens is 3. The second kappa shape index (κ2) is 8.97. The molecule has 0 fully saturated rings. The monoisotopic (exact) mass is 474 g/mol. The number of primary amides is 1. The molecule has 6 nitrogen and oxygen atoms in total. The largest absolute Gasteiger partial charge is 0.488 e. The van der Waals surface area contributed by atoms with Crippen LogP contribution < -0.4 is 20.9 Å². The van der Waals surface area contributed by atoms with Crippen molar-refractivity contribution in [3.8, 4) is 22.6 Å². The molecule has 1 heterocycles. The lowest BCUT2D eigenvalue weighted by Gasteiger charge is -2.27. The Labute approximate surface area is 193 Å². The molecule has 1 aliphatic rings. The number of hydrogen-bond donors (Lipinski definition) is 3. The van der Waals surface area contributed by atoms with E-state index in [4.69, 9.17) is 37.6 Å². The molecule has 1 amide bonds. The molecule has 0 aliphatic carbocycles. The smallest absolute Gasteiger partial charge is 0.249 e. The number of carbonyl (C=O) groups excluding carboxylic acids is 1. The second-order valence-electron chi connectivity index (χ2n) is 7.60. The Morgan fingerprint density at radius 1 is 1.18 bits per heavy atom. The molecule has 1 atom stereocenters. The van der Waals surface area contributed by atoms with E-state index in [-0.39, 0.29) is 59.4 Å². The molecule has 0 saturated carbocycles. The number of aliphatic hydroxyl groups excluding tert-OH is 1. The van der Waals surface area contributed by atoms with Gasteiger partial charge >= 0.3 is 0 Å². The highest BCUT2D eigenvalue weighted by molar-refractivity contribution is 6.34. The number of benzene rings is 3. The van der Waals surface area contributed by atoms with Gasteiger partial charge < -0.3 is 26.0 Å².